The Morgan fingerprint density at radius 3 is 1.49 bits per heavy atom. The maximum Gasteiger partial charge on any atom is 0.216 e. The van der Waals surface area contributed by atoms with Crippen LogP contribution in [0.2, 0.25) is 0 Å². The summed E-state index contributed by atoms with van der Waals surface area (Å²) in [6.45, 7) is 28.5. The van der Waals surface area contributed by atoms with E-state index >= 15 is 0 Å². The Morgan fingerprint density at radius 2 is 0.821 bits per heavy atom. The van der Waals surface area contributed by atoms with Gasteiger partial charge in [0.1, 0.15) is 52.0 Å². The minimum atomic E-state index is -0.880. The summed E-state index contributed by atoms with van der Waals surface area (Å²) in [5, 5.41) is 0. The molecular formula is C70H70O8. The highest BCUT2D eigenvalue weighted by Crippen LogP contribution is 2.59. The van der Waals surface area contributed by atoms with Gasteiger partial charge in [0.05, 0.1) is 0 Å². The number of benzene rings is 9. The largest absolute Gasteiger partial charge is 0.486 e. The van der Waals surface area contributed by atoms with E-state index < -0.39 is 5.60 Å². The zero-order chi connectivity index (χ0) is 55.4. The molecule has 0 bridgehead atoms. The van der Waals surface area contributed by atoms with Crippen LogP contribution in [-0.2, 0) is 5.60 Å². The van der Waals surface area contributed by atoms with Gasteiger partial charge in [-0.25, -0.2) is 0 Å². The molecule has 9 rings (SSSR count). The van der Waals surface area contributed by atoms with Crippen molar-refractivity contribution in [3.05, 3.63) is 236 Å². The van der Waals surface area contributed by atoms with Crippen LogP contribution < -0.4 is 37.9 Å². The van der Waals surface area contributed by atoms with E-state index in [1.165, 1.54) is 0 Å². The number of hydrogen-bond donors (Lipinski definition) is 0. The molecule has 8 nitrogen and oxygen atoms in total. The van der Waals surface area contributed by atoms with Crippen molar-refractivity contribution in [1.82, 2.24) is 0 Å². The van der Waals surface area contributed by atoms with Gasteiger partial charge in [0.25, 0.3) is 0 Å². The lowest BCUT2D eigenvalue weighted by Crippen LogP contribution is -2.26. The molecule has 1 unspecified atom stereocenters. The van der Waals surface area contributed by atoms with Crippen molar-refractivity contribution in [3.8, 4) is 80.5 Å². The Bertz CT molecular complexity index is 3620. The Balaban J connectivity index is 1.33. The predicted octanol–water partition coefficient (Wildman–Crippen LogP) is 20.3. The highest BCUT2D eigenvalue weighted by atomic mass is 16.6. The summed E-state index contributed by atoms with van der Waals surface area (Å²) in [5.74, 6) is 6.86. The van der Waals surface area contributed by atoms with Crippen LogP contribution in [-0.4, -0.2) is 0 Å². The van der Waals surface area contributed by atoms with E-state index in [0.29, 0.717) is 85.9 Å². The van der Waals surface area contributed by atoms with Crippen LogP contribution in [0.3, 0.4) is 0 Å². The molecule has 0 aromatic heterocycles. The number of ether oxygens (including phenoxy) is 8. The van der Waals surface area contributed by atoms with Gasteiger partial charge in [-0.05, 0) is 178 Å². The van der Waals surface area contributed by atoms with Gasteiger partial charge in [-0.3, -0.25) is 0 Å². The van der Waals surface area contributed by atoms with E-state index in [1.54, 1.807) is 0 Å². The average molecular weight is 1040 g/mol. The van der Waals surface area contributed by atoms with Gasteiger partial charge in [-0.15, -0.1) is 0 Å². The van der Waals surface area contributed by atoms with E-state index in [-0.39, 0.29) is 11.9 Å². The molecule has 8 heteroatoms. The Labute approximate surface area is 461 Å². The fourth-order valence-corrected chi connectivity index (χ4v) is 9.47. The highest BCUT2D eigenvalue weighted by molar-refractivity contribution is 5.73. The molecule has 0 N–H and O–H groups in total. The zero-order valence-electron chi connectivity index (χ0n) is 47.4. The molecule has 9 aromatic rings. The van der Waals surface area contributed by atoms with Crippen LogP contribution >= 0.6 is 0 Å². The summed E-state index contributed by atoms with van der Waals surface area (Å²) in [6, 6.07) is 54.2. The van der Waals surface area contributed by atoms with E-state index in [2.05, 4.69) is 64.1 Å². The molecule has 9 aromatic carbocycles. The molecule has 0 aliphatic carbocycles. The molecule has 0 heterocycles. The maximum absolute atomic E-state index is 7.67. The van der Waals surface area contributed by atoms with E-state index in [9.17, 15) is 0 Å². The van der Waals surface area contributed by atoms with Gasteiger partial charge in [-0.1, -0.05) is 127 Å². The molecule has 0 amide bonds. The smallest absolute Gasteiger partial charge is 0.216 e. The van der Waals surface area contributed by atoms with Crippen molar-refractivity contribution in [1.29, 1.82) is 0 Å². The molecule has 0 spiro atoms. The maximum atomic E-state index is 7.67. The lowest BCUT2D eigenvalue weighted by atomic mass is 9.97. The van der Waals surface area contributed by atoms with E-state index in [1.807, 2.05) is 197 Å². The molecule has 1 atom stereocenters. The fourth-order valence-electron chi connectivity index (χ4n) is 9.47. The second-order valence-electron chi connectivity index (χ2n) is 20.8. The molecule has 78 heavy (non-hydrogen) atoms. The minimum Gasteiger partial charge on any atom is -0.486 e. The van der Waals surface area contributed by atoms with Gasteiger partial charge < -0.3 is 37.9 Å². The molecule has 0 saturated carbocycles. The number of para-hydroxylation sites is 2. The summed E-state index contributed by atoms with van der Waals surface area (Å²) < 4.78 is 57.6. The van der Waals surface area contributed by atoms with Gasteiger partial charge in [0, 0.05) is 27.8 Å². The van der Waals surface area contributed by atoms with Crippen LogP contribution in [0.1, 0.15) is 99.2 Å². The van der Waals surface area contributed by atoms with Gasteiger partial charge >= 0.3 is 0 Å². The Hall–Kier alpha value is -8.62. The van der Waals surface area contributed by atoms with Gasteiger partial charge in [0.2, 0.25) is 17.2 Å². The second-order valence-corrected chi connectivity index (χ2v) is 20.8. The fraction of sp³-hybridized carbons (Fsp3) is 0.229. The SMILES string of the molecule is Cc1ccc(Oc2c(Oc3cc(C)cc(OC(C)c4ccccc4)c3C)c(C)c(C)c(Oc3ccccc3C)c2Oc2c(C)c(Oc3cccc(C)c3C)c(Oc3ccccc3)c(OC(C)(C)c3ccccc3)c2C)c(C)c1. The lowest BCUT2D eigenvalue weighted by Gasteiger charge is -2.31. The third kappa shape index (κ3) is 11.5. The first kappa shape index (κ1) is 54.2. The summed E-state index contributed by atoms with van der Waals surface area (Å²) in [4.78, 5) is 0. The lowest BCUT2D eigenvalue weighted by molar-refractivity contribution is 0.103. The molecule has 0 aliphatic rings. The van der Waals surface area contributed by atoms with Crippen LogP contribution in [0.25, 0.3) is 0 Å². The Kier molecular flexibility index (Phi) is 15.9. The first-order valence-electron chi connectivity index (χ1n) is 26.6. The molecule has 0 fully saturated rings. The first-order chi connectivity index (χ1) is 37.4. The molecule has 398 valence electrons. The summed E-state index contributed by atoms with van der Waals surface area (Å²) >= 11 is 0. The van der Waals surface area contributed by atoms with E-state index in [4.69, 9.17) is 37.9 Å². The second kappa shape index (κ2) is 22.9. The Morgan fingerprint density at radius 1 is 0.321 bits per heavy atom. The quantitative estimate of drug-likeness (QED) is 0.0842. The summed E-state index contributed by atoms with van der Waals surface area (Å²) in [6.07, 6.45) is -0.225. The highest BCUT2D eigenvalue weighted by Gasteiger charge is 2.35. The average Bonchev–Trinajstić information content (AvgIpc) is 3.63. The van der Waals surface area contributed by atoms with E-state index in [0.717, 1.165) is 61.2 Å². The molecule has 0 saturated heterocycles. The van der Waals surface area contributed by atoms with Crippen LogP contribution in [0.15, 0.2) is 164 Å². The number of rotatable bonds is 18. The van der Waals surface area contributed by atoms with Crippen molar-refractivity contribution < 1.29 is 37.9 Å². The van der Waals surface area contributed by atoms with Crippen molar-refractivity contribution in [2.24, 2.45) is 0 Å². The normalized spacial score (nSPS) is 11.7. The molecule has 0 radical (unpaired) electrons. The third-order valence-corrected chi connectivity index (χ3v) is 14.5. The number of aryl methyl sites for hydroxylation is 5. The summed E-state index contributed by atoms with van der Waals surface area (Å²) in [5.41, 5.74) is 10.7. The monoisotopic (exact) mass is 1040 g/mol. The predicted molar refractivity (Wildman–Crippen MR) is 313 cm³/mol. The molecular weight excluding hydrogens is 969 g/mol. The zero-order valence-corrected chi connectivity index (χ0v) is 47.4. The number of hydrogen-bond acceptors (Lipinski definition) is 8. The van der Waals surface area contributed by atoms with Crippen molar-refractivity contribution in [2.45, 2.75) is 109 Å². The van der Waals surface area contributed by atoms with Crippen molar-refractivity contribution in [2.75, 3.05) is 0 Å². The van der Waals surface area contributed by atoms with Gasteiger partial charge in [0.15, 0.2) is 23.0 Å². The topological polar surface area (TPSA) is 73.8 Å². The molecule has 0 aliphatic heterocycles. The third-order valence-electron chi connectivity index (χ3n) is 14.5. The van der Waals surface area contributed by atoms with Crippen LogP contribution in [0, 0.1) is 76.2 Å². The first-order valence-corrected chi connectivity index (χ1v) is 26.6. The van der Waals surface area contributed by atoms with Gasteiger partial charge in [-0.2, -0.15) is 0 Å². The summed E-state index contributed by atoms with van der Waals surface area (Å²) in [7, 11) is 0. The van der Waals surface area contributed by atoms with Crippen LogP contribution in [0.5, 0.6) is 80.5 Å². The standard InChI is InChI=1S/C70H70O8/c1-42-37-38-58(46(5)39-42)74-68-63(76-61-41-43(2)40-60(50(61)9)71-53(12)54-29-18-15-19-30-54)48(7)49(8)64(73-57-35-25-24-27-45(57)4)69(68)77-62-51(10)65(75-59-36-26-28-44(3)47(59)6)67(72-56-33-22-17-23-34-56)66(52(62)11)78-70(13,14)55-31-20-16-21-32-55/h15-41,53H,1-14H3. The van der Waals surface area contributed by atoms with Crippen molar-refractivity contribution in [3.63, 3.8) is 0 Å². The van der Waals surface area contributed by atoms with Crippen molar-refractivity contribution >= 4 is 0 Å². The van der Waals surface area contributed by atoms with Crippen LogP contribution in [0.4, 0.5) is 0 Å². The minimum absolute atomic E-state index is 0.225.